The molecule has 3 N–H and O–H groups in total. The smallest absolute Gasteiger partial charge is 0.251 e. The first kappa shape index (κ1) is 26.3. The number of aliphatic imine (C=N–C) groups is 1. The van der Waals surface area contributed by atoms with Gasteiger partial charge in [-0.2, -0.15) is 0 Å². The lowest BCUT2D eigenvalue weighted by Crippen LogP contribution is -2.40. The highest BCUT2D eigenvalue weighted by molar-refractivity contribution is 14.0. The summed E-state index contributed by atoms with van der Waals surface area (Å²) >= 11 is 1.75. The Balaban J connectivity index is 0.00000450. The molecule has 0 aliphatic carbocycles. The third kappa shape index (κ3) is 8.55. The standard InChI is InChI=1S/C23H32N4OS.HI/c1-16-10-11-19(20(12-16)29-6)15-26-22(24-5)25-14-17-8-7-9-18(13-17)21(28)27-23(2,3)4;/h7-13H,14-15H2,1-6H3,(H,27,28)(H2,24,25,26);1H. The maximum absolute atomic E-state index is 12.4. The molecule has 2 aromatic carbocycles. The van der Waals surface area contributed by atoms with Crippen LogP contribution in [-0.2, 0) is 13.1 Å². The predicted octanol–water partition coefficient (Wildman–Crippen LogP) is 4.73. The molecule has 0 fully saturated rings. The summed E-state index contributed by atoms with van der Waals surface area (Å²) in [6, 6.07) is 14.1. The molecule has 2 aromatic rings. The molecule has 0 bridgehead atoms. The number of carbonyl (C=O) groups excluding carboxylic acids is 1. The average Bonchev–Trinajstić information content (AvgIpc) is 2.67. The first-order valence-corrected chi connectivity index (χ1v) is 10.9. The number of aryl methyl sites for hydroxylation is 1. The number of hydrogen-bond acceptors (Lipinski definition) is 3. The Morgan fingerprint density at radius 3 is 2.40 bits per heavy atom. The van der Waals surface area contributed by atoms with E-state index in [9.17, 15) is 4.79 Å². The summed E-state index contributed by atoms with van der Waals surface area (Å²) in [6.45, 7) is 9.31. The summed E-state index contributed by atoms with van der Waals surface area (Å²) < 4.78 is 0. The molecule has 0 unspecified atom stereocenters. The van der Waals surface area contributed by atoms with Gasteiger partial charge in [0.25, 0.3) is 5.91 Å². The Morgan fingerprint density at radius 1 is 1.07 bits per heavy atom. The predicted molar refractivity (Wildman–Crippen MR) is 139 cm³/mol. The number of halogens is 1. The summed E-state index contributed by atoms with van der Waals surface area (Å²) in [6.07, 6.45) is 2.09. The highest BCUT2D eigenvalue weighted by Crippen LogP contribution is 2.21. The lowest BCUT2D eigenvalue weighted by Gasteiger charge is -2.20. The summed E-state index contributed by atoms with van der Waals surface area (Å²) in [7, 11) is 1.76. The topological polar surface area (TPSA) is 65.5 Å². The number of rotatable bonds is 6. The molecule has 0 aromatic heterocycles. The van der Waals surface area contributed by atoms with E-state index in [2.05, 4.69) is 52.3 Å². The van der Waals surface area contributed by atoms with Gasteiger partial charge in [0.05, 0.1) is 0 Å². The number of nitrogens with one attached hydrogen (secondary N) is 3. The minimum absolute atomic E-state index is 0. The summed E-state index contributed by atoms with van der Waals surface area (Å²) in [5, 5.41) is 9.68. The van der Waals surface area contributed by atoms with Crippen molar-refractivity contribution >= 4 is 47.6 Å². The molecule has 7 heteroatoms. The molecule has 0 saturated heterocycles. The largest absolute Gasteiger partial charge is 0.352 e. The van der Waals surface area contributed by atoms with Crippen LogP contribution in [0.4, 0.5) is 0 Å². The fraction of sp³-hybridized carbons (Fsp3) is 0.391. The van der Waals surface area contributed by atoms with Crippen LogP contribution in [0.5, 0.6) is 0 Å². The number of carbonyl (C=O) groups is 1. The first-order chi connectivity index (χ1) is 13.7. The van der Waals surface area contributed by atoms with Crippen LogP contribution in [0.15, 0.2) is 52.4 Å². The van der Waals surface area contributed by atoms with E-state index < -0.39 is 0 Å². The Kier molecular flexibility index (Phi) is 10.7. The van der Waals surface area contributed by atoms with Gasteiger partial charge in [-0.15, -0.1) is 35.7 Å². The van der Waals surface area contributed by atoms with Crippen molar-refractivity contribution in [2.24, 2.45) is 4.99 Å². The third-order valence-electron chi connectivity index (χ3n) is 4.25. The SMILES string of the molecule is CN=C(NCc1cccc(C(=O)NC(C)(C)C)c1)NCc1ccc(C)cc1SC.I. The first-order valence-electron chi connectivity index (χ1n) is 9.71. The number of hydrogen-bond donors (Lipinski definition) is 3. The van der Waals surface area contributed by atoms with Crippen molar-refractivity contribution in [1.82, 2.24) is 16.0 Å². The van der Waals surface area contributed by atoms with Crippen molar-refractivity contribution in [3.8, 4) is 0 Å². The van der Waals surface area contributed by atoms with Crippen LogP contribution in [0.25, 0.3) is 0 Å². The number of guanidine groups is 1. The Morgan fingerprint density at radius 2 is 1.77 bits per heavy atom. The number of amides is 1. The van der Waals surface area contributed by atoms with Gasteiger partial charge in [0.2, 0.25) is 0 Å². The normalized spacial score (nSPS) is 11.5. The van der Waals surface area contributed by atoms with E-state index in [1.54, 1.807) is 18.8 Å². The highest BCUT2D eigenvalue weighted by atomic mass is 127. The quantitative estimate of drug-likeness (QED) is 0.215. The van der Waals surface area contributed by atoms with Gasteiger partial charge >= 0.3 is 0 Å². The minimum atomic E-state index is -0.261. The summed E-state index contributed by atoms with van der Waals surface area (Å²) in [5.74, 6) is 0.660. The van der Waals surface area contributed by atoms with E-state index >= 15 is 0 Å². The van der Waals surface area contributed by atoms with Gasteiger partial charge < -0.3 is 16.0 Å². The van der Waals surface area contributed by atoms with Gasteiger partial charge in [0.15, 0.2) is 5.96 Å². The number of thioether (sulfide) groups is 1. The average molecular weight is 541 g/mol. The Labute approximate surface area is 201 Å². The molecule has 5 nitrogen and oxygen atoms in total. The van der Waals surface area contributed by atoms with Crippen molar-refractivity contribution in [3.05, 3.63) is 64.7 Å². The van der Waals surface area contributed by atoms with E-state index in [1.807, 2.05) is 45.0 Å². The molecule has 30 heavy (non-hydrogen) atoms. The van der Waals surface area contributed by atoms with E-state index in [0.29, 0.717) is 18.7 Å². The molecule has 0 saturated carbocycles. The van der Waals surface area contributed by atoms with Crippen LogP contribution in [0.3, 0.4) is 0 Å². The van der Waals surface area contributed by atoms with Crippen LogP contribution in [0, 0.1) is 6.92 Å². The Hall–Kier alpha value is -1.74. The van der Waals surface area contributed by atoms with Gasteiger partial charge in [-0.05, 0) is 68.8 Å². The van der Waals surface area contributed by atoms with Gasteiger partial charge in [0, 0.05) is 36.1 Å². The number of benzene rings is 2. The second kappa shape index (κ2) is 12.2. The molecule has 0 heterocycles. The molecule has 164 valence electrons. The fourth-order valence-electron chi connectivity index (χ4n) is 2.82. The number of nitrogens with zero attached hydrogens (tertiary/aromatic N) is 1. The molecular weight excluding hydrogens is 507 g/mol. The maximum Gasteiger partial charge on any atom is 0.251 e. The van der Waals surface area contributed by atoms with Crippen molar-refractivity contribution in [2.45, 2.75) is 51.2 Å². The molecule has 0 aliphatic heterocycles. The second-order valence-corrected chi connectivity index (χ2v) is 8.85. The molecular formula is C23H33IN4OS. The molecule has 2 rings (SSSR count). The molecule has 0 radical (unpaired) electrons. The van der Waals surface area contributed by atoms with Crippen molar-refractivity contribution < 1.29 is 4.79 Å². The maximum atomic E-state index is 12.4. The van der Waals surface area contributed by atoms with Gasteiger partial charge in [-0.1, -0.05) is 24.3 Å². The van der Waals surface area contributed by atoms with Crippen molar-refractivity contribution in [2.75, 3.05) is 13.3 Å². The van der Waals surface area contributed by atoms with Crippen LogP contribution < -0.4 is 16.0 Å². The molecule has 1 amide bonds. The zero-order valence-electron chi connectivity index (χ0n) is 18.6. The summed E-state index contributed by atoms with van der Waals surface area (Å²) in [4.78, 5) is 18.0. The Bertz CT molecular complexity index is 878. The third-order valence-corrected chi connectivity index (χ3v) is 5.07. The van der Waals surface area contributed by atoms with Crippen LogP contribution >= 0.6 is 35.7 Å². The zero-order chi connectivity index (χ0) is 21.4. The van der Waals surface area contributed by atoms with Crippen molar-refractivity contribution in [3.63, 3.8) is 0 Å². The van der Waals surface area contributed by atoms with Crippen molar-refractivity contribution in [1.29, 1.82) is 0 Å². The summed E-state index contributed by atoms with van der Waals surface area (Å²) in [5.41, 5.74) is 3.92. The van der Waals surface area contributed by atoms with E-state index in [0.717, 1.165) is 11.5 Å². The monoisotopic (exact) mass is 540 g/mol. The minimum Gasteiger partial charge on any atom is -0.352 e. The van der Waals surface area contributed by atoms with Gasteiger partial charge in [0.1, 0.15) is 0 Å². The molecule has 0 aliphatic rings. The lowest BCUT2D eigenvalue weighted by atomic mass is 10.1. The van der Waals surface area contributed by atoms with E-state index in [-0.39, 0.29) is 35.4 Å². The van der Waals surface area contributed by atoms with E-state index in [1.165, 1.54) is 16.0 Å². The van der Waals surface area contributed by atoms with Crippen LogP contribution in [0.2, 0.25) is 0 Å². The second-order valence-electron chi connectivity index (χ2n) is 8.00. The van der Waals surface area contributed by atoms with E-state index in [4.69, 9.17) is 0 Å². The zero-order valence-corrected chi connectivity index (χ0v) is 21.8. The highest BCUT2D eigenvalue weighted by Gasteiger charge is 2.15. The van der Waals surface area contributed by atoms with Gasteiger partial charge in [-0.3, -0.25) is 9.79 Å². The van der Waals surface area contributed by atoms with Gasteiger partial charge in [-0.25, -0.2) is 0 Å². The molecule has 0 spiro atoms. The molecule has 0 atom stereocenters. The van der Waals surface area contributed by atoms with Crippen LogP contribution in [0.1, 0.15) is 47.8 Å². The van der Waals surface area contributed by atoms with Crippen LogP contribution in [-0.4, -0.2) is 30.7 Å². The fourth-order valence-corrected chi connectivity index (χ4v) is 3.52. The lowest BCUT2D eigenvalue weighted by molar-refractivity contribution is 0.0919.